The molecule has 0 bridgehead atoms. The van der Waals surface area contributed by atoms with Crippen LogP contribution in [0.2, 0.25) is 0 Å². The van der Waals surface area contributed by atoms with E-state index in [0.717, 1.165) is 6.42 Å². The van der Waals surface area contributed by atoms with Gasteiger partial charge >= 0.3 is 11.8 Å². The molecule has 0 spiro atoms. The van der Waals surface area contributed by atoms with Gasteiger partial charge in [0.05, 0.1) is 11.7 Å². The van der Waals surface area contributed by atoms with E-state index in [2.05, 4.69) is 15.5 Å². The van der Waals surface area contributed by atoms with E-state index in [1.165, 1.54) is 23.1 Å². The van der Waals surface area contributed by atoms with Gasteiger partial charge in [0.1, 0.15) is 5.82 Å². The Morgan fingerprint density at radius 3 is 2.80 bits per heavy atom. The van der Waals surface area contributed by atoms with Gasteiger partial charge < -0.3 is 14.7 Å². The maximum absolute atomic E-state index is 13.6. The van der Waals surface area contributed by atoms with Crippen LogP contribution in [0.25, 0.3) is 0 Å². The van der Waals surface area contributed by atoms with Gasteiger partial charge in [-0.05, 0) is 25.0 Å². The first kappa shape index (κ1) is 17.1. The summed E-state index contributed by atoms with van der Waals surface area (Å²) in [5.74, 6) is -1.25. The van der Waals surface area contributed by atoms with E-state index >= 15 is 0 Å². The number of para-hydroxylation sites is 1. The molecule has 1 saturated heterocycles. The van der Waals surface area contributed by atoms with Crippen LogP contribution in [0, 0.1) is 5.82 Å². The molecule has 1 atom stereocenters. The Bertz CT molecular complexity index is 790. The second-order valence-electron chi connectivity index (χ2n) is 6.24. The first-order valence-electron chi connectivity index (χ1n) is 8.17. The zero-order chi connectivity index (χ0) is 18.0. The number of rotatable bonds is 3. The number of carbonyl (C=O) groups is 2. The van der Waals surface area contributed by atoms with Crippen LogP contribution in [0.5, 0.6) is 0 Å². The summed E-state index contributed by atoms with van der Waals surface area (Å²) >= 11 is 0. The highest BCUT2D eigenvalue weighted by Crippen LogP contribution is 2.31. The Kier molecular flexibility index (Phi) is 4.78. The minimum Gasteiger partial charge on any atom is -0.339 e. The zero-order valence-electron chi connectivity index (χ0n) is 14.0. The van der Waals surface area contributed by atoms with Gasteiger partial charge in [0.25, 0.3) is 0 Å². The van der Waals surface area contributed by atoms with E-state index in [1.54, 1.807) is 6.07 Å². The molecule has 0 aliphatic carbocycles. The molecule has 25 heavy (non-hydrogen) atoms. The highest BCUT2D eigenvalue weighted by atomic mass is 19.1. The molecule has 0 saturated carbocycles. The summed E-state index contributed by atoms with van der Waals surface area (Å²) < 4.78 is 18.8. The second-order valence-corrected chi connectivity index (χ2v) is 6.24. The van der Waals surface area contributed by atoms with Crippen molar-refractivity contribution in [3.63, 3.8) is 0 Å². The quantitative estimate of drug-likeness (QED) is 0.863. The maximum Gasteiger partial charge on any atom is 0.314 e. The number of amides is 2. The molecule has 2 amide bonds. The fourth-order valence-electron chi connectivity index (χ4n) is 2.76. The lowest BCUT2D eigenvalue weighted by Crippen LogP contribution is -2.39. The van der Waals surface area contributed by atoms with Gasteiger partial charge in [-0.15, -0.1) is 0 Å². The van der Waals surface area contributed by atoms with Gasteiger partial charge in [0.2, 0.25) is 5.89 Å². The Balaban J connectivity index is 1.73. The van der Waals surface area contributed by atoms with Crippen LogP contribution >= 0.6 is 0 Å². The number of benzene rings is 1. The maximum atomic E-state index is 13.6. The van der Waals surface area contributed by atoms with Crippen molar-refractivity contribution < 1.29 is 18.5 Å². The highest BCUT2D eigenvalue weighted by Gasteiger charge is 2.36. The molecule has 1 aliphatic heterocycles. The monoisotopic (exact) mass is 346 g/mol. The van der Waals surface area contributed by atoms with Crippen molar-refractivity contribution in [1.29, 1.82) is 0 Å². The first-order chi connectivity index (χ1) is 12.0. The molecule has 3 rings (SSSR count). The third-order valence-corrected chi connectivity index (χ3v) is 4.08. The highest BCUT2D eigenvalue weighted by molar-refractivity contribution is 6.39. The molecule has 8 heteroatoms. The summed E-state index contributed by atoms with van der Waals surface area (Å²) in [7, 11) is 0. The van der Waals surface area contributed by atoms with Gasteiger partial charge in [-0.25, -0.2) is 4.39 Å². The Labute approximate surface area is 144 Å². The van der Waals surface area contributed by atoms with E-state index < -0.39 is 23.7 Å². The minimum atomic E-state index is -0.885. The van der Waals surface area contributed by atoms with Crippen molar-refractivity contribution in [1.82, 2.24) is 15.0 Å². The number of hydrogen-bond donors (Lipinski definition) is 1. The van der Waals surface area contributed by atoms with Crippen molar-refractivity contribution in [2.45, 2.75) is 38.6 Å². The number of nitrogens with one attached hydrogen (secondary N) is 1. The summed E-state index contributed by atoms with van der Waals surface area (Å²) in [6.07, 6.45) is 1.38. The van der Waals surface area contributed by atoms with Gasteiger partial charge in [0, 0.05) is 12.5 Å². The largest absolute Gasteiger partial charge is 0.339 e. The van der Waals surface area contributed by atoms with Crippen LogP contribution in [-0.2, 0) is 9.59 Å². The molecule has 132 valence electrons. The van der Waals surface area contributed by atoms with E-state index in [0.29, 0.717) is 24.7 Å². The number of hydrogen-bond acceptors (Lipinski definition) is 5. The lowest BCUT2D eigenvalue weighted by atomic mass is 10.2. The second kappa shape index (κ2) is 7.00. The average Bonchev–Trinajstić information content (AvgIpc) is 3.24. The van der Waals surface area contributed by atoms with Crippen molar-refractivity contribution in [3.05, 3.63) is 41.8 Å². The predicted octanol–water partition coefficient (Wildman–Crippen LogP) is 2.63. The third kappa shape index (κ3) is 3.52. The molecule has 1 fully saturated rings. The summed E-state index contributed by atoms with van der Waals surface area (Å²) in [4.78, 5) is 30.4. The Morgan fingerprint density at radius 2 is 2.12 bits per heavy atom. The smallest absolute Gasteiger partial charge is 0.314 e. The fraction of sp³-hybridized carbons (Fsp3) is 0.412. The van der Waals surface area contributed by atoms with Crippen LogP contribution in [0.4, 0.5) is 10.1 Å². The Hall–Kier alpha value is -2.77. The fourth-order valence-corrected chi connectivity index (χ4v) is 2.76. The molecule has 1 aromatic carbocycles. The van der Waals surface area contributed by atoms with Crippen molar-refractivity contribution in [2.24, 2.45) is 0 Å². The molecule has 2 aromatic rings. The van der Waals surface area contributed by atoms with Crippen molar-refractivity contribution in [2.75, 3.05) is 11.9 Å². The van der Waals surface area contributed by atoms with Crippen molar-refractivity contribution in [3.8, 4) is 0 Å². The molecule has 2 heterocycles. The molecular weight excluding hydrogens is 327 g/mol. The van der Waals surface area contributed by atoms with Crippen molar-refractivity contribution >= 4 is 17.5 Å². The van der Waals surface area contributed by atoms with E-state index in [1.807, 2.05) is 13.8 Å². The topological polar surface area (TPSA) is 88.3 Å². The number of aromatic nitrogens is 2. The van der Waals surface area contributed by atoms with Gasteiger partial charge in [-0.2, -0.15) is 4.98 Å². The minimum absolute atomic E-state index is 0.0294. The average molecular weight is 346 g/mol. The molecular formula is C17H19FN4O3. The summed E-state index contributed by atoms with van der Waals surface area (Å²) in [6, 6.07) is 5.29. The lowest BCUT2D eigenvalue weighted by Gasteiger charge is -2.21. The van der Waals surface area contributed by atoms with Crippen LogP contribution in [0.3, 0.4) is 0 Å². The van der Waals surface area contributed by atoms with Crippen LogP contribution in [-0.4, -0.2) is 33.4 Å². The van der Waals surface area contributed by atoms with E-state index in [4.69, 9.17) is 4.52 Å². The summed E-state index contributed by atoms with van der Waals surface area (Å²) in [6.45, 7) is 4.27. The Morgan fingerprint density at radius 1 is 1.36 bits per heavy atom. The lowest BCUT2D eigenvalue weighted by molar-refractivity contribution is -0.143. The van der Waals surface area contributed by atoms with Crippen LogP contribution < -0.4 is 5.32 Å². The van der Waals surface area contributed by atoms with Gasteiger partial charge in [-0.3, -0.25) is 9.59 Å². The SMILES string of the molecule is CC(C)c1nc(C2CCCN2C(=O)C(=O)Nc2ccccc2F)no1. The number of carbonyl (C=O) groups excluding carboxylic acids is 2. The van der Waals surface area contributed by atoms with Crippen LogP contribution in [0.15, 0.2) is 28.8 Å². The molecule has 1 unspecified atom stereocenters. The third-order valence-electron chi connectivity index (χ3n) is 4.08. The predicted molar refractivity (Wildman–Crippen MR) is 87.1 cm³/mol. The normalized spacial score (nSPS) is 17.1. The first-order valence-corrected chi connectivity index (χ1v) is 8.17. The van der Waals surface area contributed by atoms with Gasteiger partial charge in [-0.1, -0.05) is 31.1 Å². The summed E-state index contributed by atoms with van der Waals surface area (Å²) in [5.41, 5.74) is -0.0294. The van der Waals surface area contributed by atoms with Crippen LogP contribution in [0.1, 0.15) is 50.4 Å². The number of halogens is 1. The molecule has 1 aromatic heterocycles. The molecule has 7 nitrogen and oxygen atoms in total. The van der Waals surface area contributed by atoms with Gasteiger partial charge in [0.15, 0.2) is 5.82 Å². The number of nitrogens with zero attached hydrogens (tertiary/aromatic N) is 3. The molecule has 1 N–H and O–H groups in total. The standard InChI is InChI=1S/C17H19FN4O3/c1-10(2)16-20-14(21-25-16)13-8-5-9-22(13)17(24)15(23)19-12-7-4-3-6-11(12)18/h3-4,6-7,10,13H,5,8-9H2,1-2H3,(H,19,23). The van der Waals surface area contributed by atoms with E-state index in [9.17, 15) is 14.0 Å². The number of likely N-dealkylation sites (tertiary alicyclic amines) is 1. The zero-order valence-corrected chi connectivity index (χ0v) is 14.0. The molecule has 1 aliphatic rings. The molecule has 0 radical (unpaired) electrons. The number of anilines is 1. The van der Waals surface area contributed by atoms with E-state index in [-0.39, 0.29) is 11.6 Å². The summed E-state index contributed by atoms with van der Waals surface area (Å²) in [5, 5.41) is 6.25.